The highest BCUT2D eigenvalue weighted by Gasteiger charge is 2.22. The zero-order chi connectivity index (χ0) is 13.0. The van der Waals surface area contributed by atoms with Crippen molar-refractivity contribution in [2.24, 2.45) is 0 Å². The van der Waals surface area contributed by atoms with Crippen molar-refractivity contribution in [1.29, 1.82) is 0 Å². The molecule has 2 rings (SSSR count). The molecule has 0 aromatic carbocycles. The third-order valence-corrected chi connectivity index (χ3v) is 3.70. The summed E-state index contributed by atoms with van der Waals surface area (Å²) in [6.07, 6.45) is 2.88. The fourth-order valence-electron chi connectivity index (χ4n) is 2.41. The zero-order valence-corrected chi connectivity index (χ0v) is 12.4. The summed E-state index contributed by atoms with van der Waals surface area (Å²) in [4.78, 5) is 6.74. The van der Waals surface area contributed by atoms with Crippen LogP contribution in [-0.2, 0) is 0 Å². The van der Waals surface area contributed by atoms with E-state index in [1.165, 1.54) is 11.1 Å². The minimum absolute atomic E-state index is 0.420. The van der Waals surface area contributed by atoms with E-state index in [-0.39, 0.29) is 0 Å². The molecule has 1 N–H and O–H groups in total. The summed E-state index contributed by atoms with van der Waals surface area (Å²) in [7, 11) is 0. The summed E-state index contributed by atoms with van der Waals surface area (Å²) in [5, 5.41) is 3.40. The first-order chi connectivity index (χ1) is 8.66. The monoisotopic (exact) mass is 309 g/mol. The van der Waals surface area contributed by atoms with E-state index < -0.39 is 0 Å². The molecule has 3 nitrogen and oxygen atoms in total. The summed E-state index contributed by atoms with van der Waals surface area (Å²) in [5.74, 6) is 0. The Labute approximate surface area is 117 Å². The van der Waals surface area contributed by atoms with Gasteiger partial charge in [0, 0.05) is 38.4 Å². The van der Waals surface area contributed by atoms with Crippen molar-refractivity contribution in [3.05, 3.63) is 40.6 Å². The summed E-state index contributed by atoms with van der Waals surface area (Å²) in [6, 6.07) is 4.65. The van der Waals surface area contributed by atoms with Crippen LogP contribution in [-0.4, -0.2) is 36.1 Å². The van der Waals surface area contributed by atoms with Crippen LogP contribution in [0.5, 0.6) is 0 Å². The van der Waals surface area contributed by atoms with E-state index in [4.69, 9.17) is 0 Å². The van der Waals surface area contributed by atoms with Gasteiger partial charge in [-0.2, -0.15) is 0 Å². The Morgan fingerprint density at radius 1 is 1.56 bits per heavy atom. The molecule has 98 valence electrons. The van der Waals surface area contributed by atoms with Crippen LogP contribution in [0.15, 0.2) is 35.1 Å². The second-order valence-corrected chi connectivity index (χ2v) is 5.69. The molecule has 0 aliphatic carbocycles. The third kappa shape index (κ3) is 3.64. The largest absolute Gasteiger partial charge is 0.314 e. The summed E-state index contributed by atoms with van der Waals surface area (Å²) in [5.41, 5.74) is 2.55. The van der Waals surface area contributed by atoms with E-state index in [2.05, 4.69) is 56.8 Å². The van der Waals surface area contributed by atoms with Gasteiger partial charge in [0.05, 0.1) is 0 Å². The molecule has 0 bridgehead atoms. The number of hydrogen-bond donors (Lipinski definition) is 1. The highest BCUT2D eigenvalue weighted by atomic mass is 79.9. The first-order valence-electron chi connectivity index (χ1n) is 6.37. The molecule has 1 fully saturated rings. The summed E-state index contributed by atoms with van der Waals surface area (Å²) < 4.78 is 0.904. The highest BCUT2D eigenvalue weighted by molar-refractivity contribution is 9.10. The molecule has 1 aromatic rings. The molecule has 4 heteroatoms. The lowest BCUT2D eigenvalue weighted by atomic mass is 9.99. The van der Waals surface area contributed by atoms with Gasteiger partial charge < -0.3 is 5.32 Å². The van der Waals surface area contributed by atoms with E-state index in [0.717, 1.165) is 37.2 Å². The predicted molar refractivity (Wildman–Crippen MR) is 78.6 cm³/mol. The molecule has 1 aliphatic rings. The minimum atomic E-state index is 0.420. The molecule has 0 spiro atoms. The minimum Gasteiger partial charge on any atom is -0.314 e. The lowest BCUT2D eigenvalue weighted by molar-refractivity contribution is 0.172. The molecule has 0 amide bonds. The molecule has 1 saturated heterocycles. The second-order valence-electron chi connectivity index (χ2n) is 4.87. The van der Waals surface area contributed by atoms with E-state index >= 15 is 0 Å². The van der Waals surface area contributed by atoms with Crippen LogP contribution in [0.3, 0.4) is 0 Å². The normalized spacial score (nSPS) is 18.6. The van der Waals surface area contributed by atoms with Crippen molar-refractivity contribution < 1.29 is 0 Å². The van der Waals surface area contributed by atoms with Crippen LogP contribution >= 0.6 is 15.9 Å². The highest BCUT2D eigenvalue weighted by Crippen LogP contribution is 2.28. The van der Waals surface area contributed by atoms with Gasteiger partial charge in [0.15, 0.2) is 0 Å². The number of halogens is 1. The third-order valence-electron chi connectivity index (χ3n) is 3.27. The Morgan fingerprint density at radius 3 is 2.89 bits per heavy atom. The Hall–Kier alpha value is -0.710. The Balaban J connectivity index is 2.20. The quantitative estimate of drug-likeness (QED) is 0.685. The van der Waals surface area contributed by atoms with Crippen LogP contribution in [0.4, 0.5) is 0 Å². The molecule has 0 unspecified atom stereocenters. The number of nitrogens with zero attached hydrogens (tertiary/aromatic N) is 2. The molecule has 1 aliphatic heterocycles. The number of pyridine rings is 1. The van der Waals surface area contributed by atoms with Crippen molar-refractivity contribution in [3.63, 3.8) is 0 Å². The van der Waals surface area contributed by atoms with Gasteiger partial charge in [0.1, 0.15) is 4.60 Å². The van der Waals surface area contributed by atoms with Gasteiger partial charge in [-0.15, -0.1) is 6.58 Å². The Kier molecular flexibility index (Phi) is 4.92. The molecule has 18 heavy (non-hydrogen) atoms. The predicted octanol–water partition coefficient (Wildman–Crippen LogP) is 2.76. The lowest BCUT2D eigenvalue weighted by Gasteiger charge is -2.35. The fraction of sp³-hybridized carbons (Fsp3) is 0.500. The number of piperazine rings is 1. The van der Waals surface area contributed by atoms with E-state index in [0.29, 0.717) is 6.04 Å². The van der Waals surface area contributed by atoms with Crippen molar-refractivity contribution >= 4 is 15.9 Å². The molecule has 1 aromatic heterocycles. The van der Waals surface area contributed by atoms with E-state index in [1.54, 1.807) is 0 Å². The molecule has 2 heterocycles. The first-order valence-corrected chi connectivity index (χ1v) is 7.16. The SMILES string of the molecule is C=C(C)C[C@@H](c1ccnc(Br)c1)N1CCNCC1. The average molecular weight is 310 g/mol. The summed E-state index contributed by atoms with van der Waals surface area (Å²) >= 11 is 3.46. The number of aromatic nitrogens is 1. The van der Waals surface area contributed by atoms with Crippen LogP contribution in [0.25, 0.3) is 0 Å². The number of rotatable bonds is 4. The molecular formula is C14H20BrN3. The van der Waals surface area contributed by atoms with Gasteiger partial charge >= 0.3 is 0 Å². The van der Waals surface area contributed by atoms with Gasteiger partial charge in [-0.25, -0.2) is 4.98 Å². The Morgan fingerprint density at radius 2 is 2.28 bits per heavy atom. The maximum atomic E-state index is 4.21. The topological polar surface area (TPSA) is 28.2 Å². The first kappa shape index (κ1) is 13.7. The maximum Gasteiger partial charge on any atom is 0.106 e. The zero-order valence-electron chi connectivity index (χ0n) is 10.8. The van der Waals surface area contributed by atoms with Crippen LogP contribution in [0.1, 0.15) is 24.9 Å². The van der Waals surface area contributed by atoms with Crippen LogP contribution < -0.4 is 5.32 Å². The van der Waals surface area contributed by atoms with Crippen molar-refractivity contribution in [1.82, 2.24) is 15.2 Å². The standard InChI is InChI=1S/C14H20BrN3/c1-11(2)9-13(18-7-5-16-6-8-18)12-3-4-17-14(15)10-12/h3-4,10,13,16H,1,5-9H2,2H3/t13-/m0/s1. The van der Waals surface area contributed by atoms with Crippen LogP contribution in [0, 0.1) is 0 Å². The fourth-order valence-corrected chi connectivity index (χ4v) is 2.79. The van der Waals surface area contributed by atoms with Gasteiger partial charge in [-0.1, -0.05) is 5.57 Å². The molecule has 0 radical (unpaired) electrons. The van der Waals surface area contributed by atoms with Crippen molar-refractivity contribution in [3.8, 4) is 0 Å². The maximum absolute atomic E-state index is 4.21. The average Bonchev–Trinajstić information content (AvgIpc) is 2.37. The Bertz CT molecular complexity index is 413. The molecular weight excluding hydrogens is 290 g/mol. The van der Waals surface area contributed by atoms with Gasteiger partial charge in [0.2, 0.25) is 0 Å². The number of hydrogen-bond acceptors (Lipinski definition) is 3. The molecule has 1 atom stereocenters. The van der Waals surface area contributed by atoms with Gasteiger partial charge in [-0.05, 0) is 47.0 Å². The smallest absolute Gasteiger partial charge is 0.106 e. The second kappa shape index (κ2) is 6.45. The number of nitrogens with one attached hydrogen (secondary N) is 1. The van der Waals surface area contributed by atoms with Crippen molar-refractivity contribution in [2.75, 3.05) is 26.2 Å². The van der Waals surface area contributed by atoms with Crippen LogP contribution in [0.2, 0.25) is 0 Å². The lowest BCUT2D eigenvalue weighted by Crippen LogP contribution is -2.45. The van der Waals surface area contributed by atoms with Gasteiger partial charge in [-0.3, -0.25) is 4.90 Å². The van der Waals surface area contributed by atoms with Gasteiger partial charge in [0.25, 0.3) is 0 Å². The molecule has 0 saturated carbocycles. The summed E-state index contributed by atoms with van der Waals surface area (Å²) in [6.45, 7) is 10.5. The van der Waals surface area contributed by atoms with Crippen molar-refractivity contribution in [2.45, 2.75) is 19.4 Å². The van der Waals surface area contributed by atoms with E-state index in [1.807, 2.05) is 6.20 Å². The van der Waals surface area contributed by atoms with E-state index in [9.17, 15) is 0 Å².